The van der Waals surface area contributed by atoms with Crippen molar-refractivity contribution in [3.05, 3.63) is 29.6 Å². The van der Waals surface area contributed by atoms with Crippen LogP contribution >= 0.6 is 0 Å². The van der Waals surface area contributed by atoms with Gasteiger partial charge in [-0.15, -0.1) is 0 Å². The van der Waals surface area contributed by atoms with Crippen molar-refractivity contribution < 1.29 is 19.8 Å². The lowest BCUT2D eigenvalue weighted by molar-refractivity contribution is 0.0653. The lowest BCUT2D eigenvalue weighted by Gasteiger charge is -2.01. The Hall–Kier alpha value is -2.37. The highest BCUT2D eigenvalue weighted by molar-refractivity contribution is 6.09. The Morgan fingerprint density at radius 1 is 1.20 bits per heavy atom. The number of carbonyl (C=O) groups is 2. The highest BCUT2D eigenvalue weighted by Gasteiger charge is 2.20. The molecule has 6 heteroatoms. The number of hydrogen-bond acceptors (Lipinski definition) is 3. The number of imidazole rings is 1. The smallest absolute Gasteiger partial charge is 0.338 e. The van der Waals surface area contributed by atoms with Gasteiger partial charge in [0, 0.05) is 0 Å². The molecule has 2 aromatic rings. The lowest BCUT2D eigenvalue weighted by atomic mass is 10.1. The summed E-state index contributed by atoms with van der Waals surface area (Å²) in [7, 11) is 0. The predicted octanol–water partition coefficient (Wildman–Crippen LogP) is 0.959. The Balaban J connectivity index is 2.87. The van der Waals surface area contributed by atoms with Crippen LogP contribution in [0.2, 0.25) is 0 Å². The predicted molar refractivity (Wildman–Crippen MR) is 50.0 cm³/mol. The number of aromatic carboxylic acids is 2. The van der Waals surface area contributed by atoms with Crippen LogP contribution in [-0.2, 0) is 0 Å². The fourth-order valence-electron chi connectivity index (χ4n) is 1.40. The van der Waals surface area contributed by atoms with Gasteiger partial charge < -0.3 is 15.2 Å². The summed E-state index contributed by atoms with van der Waals surface area (Å²) in [6.07, 6.45) is 1.32. The van der Waals surface area contributed by atoms with E-state index < -0.39 is 11.9 Å². The molecule has 0 radical (unpaired) electrons. The topological polar surface area (TPSA) is 103 Å². The van der Waals surface area contributed by atoms with Gasteiger partial charge in [0.15, 0.2) is 0 Å². The minimum absolute atomic E-state index is 0.155. The van der Waals surface area contributed by atoms with E-state index in [0.717, 1.165) is 0 Å². The molecule has 0 aliphatic rings. The minimum Gasteiger partial charge on any atom is -0.478 e. The van der Waals surface area contributed by atoms with Crippen LogP contribution in [0.25, 0.3) is 11.0 Å². The molecule has 1 aromatic carbocycles. The van der Waals surface area contributed by atoms with Gasteiger partial charge in [-0.05, 0) is 12.1 Å². The number of benzene rings is 1. The van der Waals surface area contributed by atoms with Gasteiger partial charge in [-0.25, -0.2) is 14.6 Å². The first-order valence-corrected chi connectivity index (χ1v) is 4.04. The molecule has 1 heterocycles. The third-order valence-corrected chi connectivity index (χ3v) is 2.04. The summed E-state index contributed by atoms with van der Waals surface area (Å²) >= 11 is 0. The van der Waals surface area contributed by atoms with Crippen molar-refractivity contribution in [3.63, 3.8) is 0 Å². The number of aromatic nitrogens is 2. The highest BCUT2D eigenvalue weighted by atomic mass is 16.4. The monoisotopic (exact) mass is 206 g/mol. The Labute approximate surface area is 83.2 Å². The fourth-order valence-corrected chi connectivity index (χ4v) is 1.40. The first-order chi connectivity index (χ1) is 7.11. The van der Waals surface area contributed by atoms with Gasteiger partial charge in [0.05, 0.1) is 17.4 Å². The summed E-state index contributed by atoms with van der Waals surface area (Å²) in [6, 6.07) is 2.73. The quantitative estimate of drug-likeness (QED) is 0.678. The van der Waals surface area contributed by atoms with Crippen LogP contribution in [-0.4, -0.2) is 32.1 Å². The van der Waals surface area contributed by atoms with Crippen LogP contribution < -0.4 is 0 Å². The van der Waals surface area contributed by atoms with Crippen molar-refractivity contribution in [1.82, 2.24) is 9.97 Å². The molecule has 0 atom stereocenters. The Morgan fingerprint density at radius 2 is 1.93 bits per heavy atom. The van der Waals surface area contributed by atoms with Gasteiger partial charge >= 0.3 is 11.9 Å². The molecule has 2 rings (SSSR count). The van der Waals surface area contributed by atoms with Crippen molar-refractivity contribution in [2.24, 2.45) is 0 Å². The maximum atomic E-state index is 10.9. The average Bonchev–Trinajstić information content (AvgIpc) is 2.62. The minimum atomic E-state index is -1.30. The standard InChI is InChI=1S/C9H6N2O4/c12-8(13)4-1-2-5-7(11-3-10-5)6(4)9(14)15/h1-3H,(H,10,11)(H,12,13)(H,14,15). The van der Waals surface area contributed by atoms with Gasteiger partial charge in [-0.3, -0.25) is 0 Å². The van der Waals surface area contributed by atoms with Crippen LogP contribution in [0.1, 0.15) is 20.7 Å². The summed E-state index contributed by atoms with van der Waals surface area (Å²) in [5.74, 6) is -2.58. The number of H-pyrrole nitrogens is 1. The molecule has 0 aliphatic heterocycles. The molecule has 0 saturated heterocycles. The first-order valence-electron chi connectivity index (χ1n) is 4.04. The normalized spacial score (nSPS) is 10.4. The maximum absolute atomic E-state index is 10.9. The summed E-state index contributed by atoms with van der Waals surface area (Å²) in [5, 5.41) is 17.7. The molecule has 76 valence electrons. The molecule has 3 N–H and O–H groups in total. The number of aromatic amines is 1. The van der Waals surface area contributed by atoms with Crippen LogP contribution in [0, 0.1) is 0 Å². The largest absolute Gasteiger partial charge is 0.478 e. The molecule has 0 spiro atoms. The molecule has 0 amide bonds. The molecule has 15 heavy (non-hydrogen) atoms. The molecule has 6 nitrogen and oxygen atoms in total. The number of hydrogen-bond donors (Lipinski definition) is 3. The first kappa shape index (κ1) is 9.20. The molecule has 1 aromatic heterocycles. The molecule has 0 fully saturated rings. The zero-order chi connectivity index (χ0) is 11.0. The van der Waals surface area contributed by atoms with Gasteiger partial charge in [-0.1, -0.05) is 0 Å². The van der Waals surface area contributed by atoms with Crippen LogP contribution in [0.3, 0.4) is 0 Å². The van der Waals surface area contributed by atoms with Crippen molar-refractivity contribution in [2.75, 3.05) is 0 Å². The second kappa shape index (κ2) is 3.09. The van der Waals surface area contributed by atoms with Crippen molar-refractivity contribution in [3.8, 4) is 0 Å². The van der Waals surface area contributed by atoms with Crippen LogP contribution in [0.5, 0.6) is 0 Å². The molecule has 0 unspecified atom stereocenters. The van der Waals surface area contributed by atoms with E-state index >= 15 is 0 Å². The summed E-state index contributed by atoms with van der Waals surface area (Å²) in [6.45, 7) is 0. The fraction of sp³-hybridized carbons (Fsp3) is 0. The molecular formula is C9H6N2O4. The van der Waals surface area contributed by atoms with E-state index in [1.807, 2.05) is 0 Å². The number of nitrogens with one attached hydrogen (secondary N) is 1. The molecule has 0 aliphatic carbocycles. The molecular weight excluding hydrogens is 200 g/mol. The Morgan fingerprint density at radius 3 is 2.53 bits per heavy atom. The van der Waals surface area contributed by atoms with E-state index in [1.165, 1.54) is 18.5 Å². The van der Waals surface area contributed by atoms with Gasteiger partial charge in [0.2, 0.25) is 0 Å². The third kappa shape index (κ3) is 1.32. The zero-order valence-electron chi connectivity index (χ0n) is 7.39. The third-order valence-electron chi connectivity index (χ3n) is 2.04. The van der Waals surface area contributed by atoms with Crippen LogP contribution in [0.4, 0.5) is 0 Å². The summed E-state index contributed by atoms with van der Waals surface area (Å²) in [5.41, 5.74) is 0.100. The van der Waals surface area contributed by atoms with Crippen molar-refractivity contribution >= 4 is 23.0 Å². The van der Waals surface area contributed by atoms with E-state index in [9.17, 15) is 9.59 Å². The van der Waals surface area contributed by atoms with Gasteiger partial charge in [0.1, 0.15) is 11.1 Å². The number of rotatable bonds is 2. The van der Waals surface area contributed by atoms with Gasteiger partial charge in [0.25, 0.3) is 0 Å². The number of fused-ring (bicyclic) bond motifs is 1. The van der Waals surface area contributed by atoms with E-state index in [2.05, 4.69) is 9.97 Å². The van der Waals surface area contributed by atoms with Crippen molar-refractivity contribution in [2.45, 2.75) is 0 Å². The Bertz CT molecular complexity index is 558. The van der Waals surface area contributed by atoms with E-state index in [0.29, 0.717) is 5.52 Å². The number of carboxylic acid groups (broad SMARTS) is 2. The Kier molecular flexibility index (Phi) is 1.89. The average molecular weight is 206 g/mol. The number of nitrogens with zero attached hydrogens (tertiary/aromatic N) is 1. The van der Waals surface area contributed by atoms with Gasteiger partial charge in [-0.2, -0.15) is 0 Å². The molecule has 0 bridgehead atoms. The maximum Gasteiger partial charge on any atom is 0.338 e. The summed E-state index contributed by atoms with van der Waals surface area (Å²) < 4.78 is 0. The number of carboxylic acids is 2. The van der Waals surface area contributed by atoms with Crippen LogP contribution in [0.15, 0.2) is 18.5 Å². The van der Waals surface area contributed by atoms with E-state index in [4.69, 9.17) is 10.2 Å². The highest BCUT2D eigenvalue weighted by Crippen LogP contribution is 2.19. The SMILES string of the molecule is O=C(O)c1ccc2[nH]cnc2c1C(=O)O. The second-order valence-corrected chi connectivity index (χ2v) is 2.90. The molecule has 0 saturated carbocycles. The second-order valence-electron chi connectivity index (χ2n) is 2.90. The van der Waals surface area contributed by atoms with E-state index in [-0.39, 0.29) is 16.6 Å². The lowest BCUT2D eigenvalue weighted by Crippen LogP contribution is -2.08. The zero-order valence-corrected chi connectivity index (χ0v) is 7.39. The summed E-state index contributed by atoms with van der Waals surface area (Å²) in [4.78, 5) is 28.2. The van der Waals surface area contributed by atoms with Crippen molar-refractivity contribution in [1.29, 1.82) is 0 Å². The van der Waals surface area contributed by atoms with E-state index in [1.54, 1.807) is 0 Å².